The number of hydrogen-bond donors (Lipinski definition) is 2. The quantitative estimate of drug-likeness (QED) is 0.665. The van der Waals surface area contributed by atoms with Crippen molar-refractivity contribution >= 4 is 29.3 Å². The van der Waals surface area contributed by atoms with Crippen LogP contribution in [0, 0.1) is 23.2 Å². The molecule has 0 heterocycles. The Morgan fingerprint density at radius 2 is 1.76 bits per heavy atom. The summed E-state index contributed by atoms with van der Waals surface area (Å²) in [7, 11) is 0. The fraction of sp³-hybridized carbons (Fsp3) is 0.600. The number of benzene rings is 1. The molecule has 3 unspecified atom stereocenters. The smallest absolute Gasteiger partial charge is 0.228 e. The molecule has 0 radical (unpaired) electrons. The maximum atomic E-state index is 13.1. The van der Waals surface area contributed by atoms with Crippen molar-refractivity contribution in [2.75, 3.05) is 11.6 Å². The van der Waals surface area contributed by atoms with Crippen LogP contribution >= 0.6 is 11.8 Å². The number of nitrogens with two attached hydrogens (primary N) is 1. The number of carbonyl (C=O) groups excluding carboxylic acids is 2. The fourth-order valence-electron chi connectivity index (χ4n) is 3.30. The molecule has 1 aromatic rings. The van der Waals surface area contributed by atoms with Crippen LogP contribution in [-0.4, -0.2) is 18.1 Å². The SMILES string of the molecule is CCCC(C(C(=O)Nc1ccc(SC)cc1)C(C)C(N)=O)C(C)(C)C. The van der Waals surface area contributed by atoms with Crippen LogP contribution in [0.1, 0.15) is 47.5 Å². The summed E-state index contributed by atoms with van der Waals surface area (Å²) >= 11 is 1.65. The highest BCUT2D eigenvalue weighted by Gasteiger charge is 2.41. The molecule has 140 valence electrons. The molecule has 1 rings (SSSR count). The van der Waals surface area contributed by atoms with Crippen molar-refractivity contribution in [3.05, 3.63) is 24.3 Å². The number of thioether (sulfide) groups is 1. The molecule has 0 aliphatic heterocycles. The Kier molecular flexibility index (Phi) is 8.00. The molecule has 0 aromatic heterocycles. The van der Waals surface area contributed by atoms with Gasteiger partial charge in [-0.25, -0.2) is 0 Å². The number of nitrogens with one attached hydrogen (secondary N) is 1. The lowest BCUT2D eigenvalue weighted by molar-refractivity contribution is -0.133. The predicted molar refractivity (Wildman–Crippen MR) is 107 cm³/mol. The van der Waals surface area contributed by atoms with Crippen LogP contribution < -0.4 is 11.1 Å². The van der Waals surface area contributed by atoms with E-state index in [2.05, 4.69) is 33.0 Å². The van der Waals surface area contributed by atoms with Crippen LogP contribution in [0.25, 0.3) is 0 Å². The van der Waals surface area contributed by atoms with E-state index in [0.29, 0.717) is 0 Å². The summed E-state index contributed by atoms with van der Waals surface area (Å²) in [6.07, 6.45) is 3.85. The van der Waals surface area contributed by atoms with Crippen molar-refractivity contribution in [1.29, 1.82) is 0 Å². The second kappa shape index (κ2) is 9.27. The highest BCUT2D eigenvalue weighted by molar-refractivity contribution is 7.98. The Morgan fingerprint density at radius 3 is 2.16 bits per heavy atom. The molecule has 0 aliphatic carbocycles. The van der Waals surface area contributed by atoms with Gasteiger partial charge in [-0.1, -0.05) is 41.0 Å². The van der Waals surface area contributed by atoms with Gasteiger partial charge in [-0.05, 0) is 48.3 Å². The molecule has 4 nitrogen and oxygen atoms in total. The number of carbonyl (C=O) groups is 2. The summed E-state index contributed by atoms with van der Waals surface area (Å²) < 4.78 is 0. The molecule has 3 atom stereocenters. The minimum absolute atomic E-state index is 0.0745. The molecule has 1 aromatic carbocycles. The van der Waals surface area contributed by atoms with E-state index in [1.54, 1.807) is 18.7 Å². The number of anilines is 1. The zero-order chi connectivity index (χ0) is 19.2. The number of rotatable bonds is 8. The Balaban J connectivity index is 3.12. The van der Waals surface area contributed by atoms with E-state index < -0.39 is 17.7 Å². The number of primary amides is 1. The van der Waals surface area contributed by atoms with E-state index in [4.69, 9.17) is 5.73 Å². The van der Waals surface area contributed by atoms with E-state index in [9.17, 15) is 9.59 Å². The van der Waals surface area contributed by atoms with Gasteiger partial charge in [-0.15, -0.1) is 11.8 Å². The van der Waals surface area contributed by atoms with Gasteiger partial charge in [0.05, 0.1) is 5.92 Å². The first-order valence-electron chi connectivity index (χ1n) is 8.86. The summed E-state index contributed by atoms with van der Waals surface area (Å²) in [5.41, 5.74) is 6.21. The largest absolute Gasteiger partial charge is 0.369 e. The Bertz CT molecular complexity index is 578. The van der Waals surface area contributed by atoms with Crippen LogP contribution in [0.5, 0.6) is 0 Å². The summed E-state index contributed by atoms with van der Waals surface area (Å²) in [5, 5.41) is 2.98. The van der Waals surface area contributed by atoms with Crippen LogP contribution in [0.2, 0.25) is 0 Å². The zero-order valence-corrected chi connectivity index (χ0v) is 17.1. The molecule has 0 aliphatic rings. The van der Waals surface area contributed by atoms with Crippen molar-refractivity contribution in [1.82, 2.24) is 0 Å². The first kappa shape index (κ1) is 21.6. The maximum absolute atomic E-state index is 13.1. The summed E-state index contributed by atoms with van der Waals surface area (Å²) in [4.78, 5) is 26.0. The average molecular weight is 365 g/mol. The summed E-state index contributed by atoms with van der Waals surface area (Å²) in [6, 6.07) is 7.73. The van der Waals surface area contributed by atoms with E-state index in [-0.39, 0.29) is 17.2 Å². The van der Waals surface area contributed by atoms with Gasteiger partial charge in [0.1, 0.15) is 0 Å². The second-order valence-corrected chi connectivity index (χ2v) is 8.58. The molecule has 0 saturated carbocycles. The van der Waals surface area contributed by atoms with Crippen molar-refractivity contribution in [3.63, 3.8) is 0 Å². The van der Waals surface area contributed by atoms with Gasteiger partial charge in [0, 0.05) is 16.5 Å². The molecule has 0 spiro atoms. The normalized spacial score (nSPS) is 15.3. The number of amides is 2. The lowest BCUT2D eigenvalue weighted by atomic mass is 9.66. The molecule has 3 N–H and O–H groups in total. The van der Waals surface area contributed by atoms with Crippen molar-refractivity contribution < 1.29 is 9.59 Å². The number of hydrogen-bond acceptors (Lipinski definition) is 3. The van der Waals surface area contributed by atoms with Gasteiger partial charge in [0.25, 0.3) is 0 Å². The lowest BCUT2D eigenvalue weighted by Gasteiger charge is -2.38. The third-order valence-electron chi connectivity index (χ3n) is 4.79. The van der Waals surface area contributed by atoms with Crippen LogP contribution in [0.3, 0.4) is 0 Å². The van der Waals surface area contributed by atoms with Gasteiger partial charge in [-0.3, -0.25) is 9.59 Å². The zero-order valence-electron chi connectivity index (χ0n) is 16.3. The second-order valence-electron chi connectivity index (χ2n) is 7.70. The predicted octanol–water partition coefficient (Wildman–Crippen LogP) is 4.55. The van der Waals surface area contributed by atoms with E-state index >= 15 is 0 Å². The first-order chi connectivity index (χ1) is 11.6. The molecular weight excluding hydrogens is 332 g/mol. The topological polar surface area (TPSA) is 72.2 Å². The Labute approximate surface area is 156 Å². The molecule has 5 heteroatoms. The summed E-state index contributed by atoms with van der Waals surface area (Å²) in [6.45, 7) is 10.2. The van der Waals surface area contributed by atoms with Gasteiger partial charge in [0.2, 0.25) is 11.8 Å². The third kappa shape index (κ3) is 6.07. The molecule has 2 amide bonds. The van der Waals surface area contributed by atoms with Crippen LogP contribution in [-0.2, 0) is 9.59 Å². The molecule has 0 bridgehead atoms. The minimum atomic E-state index is -0.513. The standard InChI is InChI=1S/C20H32N2O2S/c1-7-8-16(20(3,4)5)17(13(2)18(21)23)19(24)22-14-9-11-15(25-6)12-10-14/h9-13,16-17H,7-8H2,1-6H3,(H2,21,23)(H,22,24). The van der Waals surface area contributed by atoms with Crippen LogP contribution in [0.4, 0.5) is 5.69 Å². The van der Waals surface area contributed by atoms with Gasteiger partial charge >= 0.3 is 0 Å². The van der Waals surface area contributed by atoms with E-state index in [1.165, 1.54) is 0 Å². The monoisotopic (exact) mass is 364 g/mol. The minimum Gasteiger partial charge on any atom is -0.369 e. The van der Waals surface area contributed by atoms with Crippen molar-refractivity contribution in [2.45, 2.75) is 52.4 Å². The molecule has 0 saturated heterocycles. The third-order valence-corrected chi connectivity index (χ3v) is 5.54. The van der Waals surface area contributed by atoms with Crippen molar-refractivity contribution in [2.24, 2.45) is 28.9 Å². The summed E-state index contributed by atoms with van der Waals surface area (Å²) in [5.74, 6) is -1.44. The Morgan fingerprint density at radius 1 is 1.20 bits per heavy atom. The molecular formula is C20H32N2O2S. The first-order valence-corrected chi connectivity index (χ1v) is 10.1. The van der Waals surface area contributed by atoms with Crippen molar-refractivity contribution in [3.8, 4) is 0 Å². The molecule has 25 heavy (non-hydrogen) atoms. The maximum Gasteiger partial charge on any atom is 0.228 e. The lowest BCUT2D eigenvalue weighted by Crippen LogP contribution is -2.44. The van der Waals surface area contributed by atoms with Gasteiger partial charge in [-0.2, -0.15) is 0 Å². The van der Waals surface area contributed by atoms with E-state index in [1.807, 2.05) is 30.5 Å². The van der Waals surface area contributed by atoms with Gasteiger partial charge < -0.3 is 11.1 Å². The Hall–Kier alpha value is -1.49. The fourth-order valence-corrected chi connectivity index (χ4v) is 3.71. The van der Waals surface area contributed by atoms with Gasteiger partial charge in [0.15, 0.2) is 0 Å². The average Bonchev–Trinajstić information content (AvgIpc) is 2.53. The highest BCUT2D eigenvalue weighted by atomic mass is 32.2. The highest BCUT2D eigenvalue weighted by Crippen LogP contribution is 2.39. The van der Waals surface area contributed by atoms with Crippen LogP contribution in [0.15, 0.2) is 29.2 Å². The molecule has 0 fully saturated rings. The van der Waals surface area contributed by atoms with E-state index in [0.717, 1.165) is 23.4 Å².